The van der Waals surface area contributed by atoms with E-state index < -0.39 is 5.97 Å². The van der Waals surface area contributed by atoms with Crippen LogP contribution in [-0.2, 0) is 9.59 Å². The van der Waals surface area contributed by atoms with Crippen molar-refractivity contribution in [1.29, 1.82) is 0 Å². The Kier molecular flexibility index (Phi) is 3.87. The second-order valence-corrected chi connectivity index (χ2v) is 1.67. The normalized spacial score (nSPS) is 10.9. The van der Waals surface area contributed by atoms with Crippen molar-refractivity contribution in [2.75, 3.05) is 0 Å². The van der Waals surface area contributed by atoms with Crippen LogP contribution in [0, 0.1) is 0 Å². The first kappa shape index (κ1) is 8.62. The Hall–Kier alpha value is -1.38. The van der Waals surface area contributed by atoms with Crippen LogP contribution >= 0.6 is 0 Å². The molecule has 0 fully saturated rings. The molecule has 0 amide bonds. The topological polar surface area (TPSA) is 54.4 Å². The maximum absolute atomic E-state index is 10.2. The summed E-state index contributed by atoms with van der Waals surface area (Å²) in [5.74, 6) is -1.12. The smallest absolute Gasteiger partial charge is 0.328 e. The van der Waals surface area contributed by atoms with Crippen molar-refractivity contribution < 1.29 is 14.7 Å². The van der Waals surface area contributed by atoms with Gasteiger partial charge in [-0.15, -0.1) is 0 Å². The molecular formula is C7H8O3. The second kappa shape index (κ2) is 4.49. The summed E-state index contributed by atoms with van der Waals surface area (Å²) in [6.07, 6.45) is 4.93. The van der Waals surface area contributed by atoms with E-state index in [1.165, 1.54) is 25.2 Å². The number of allylic oxidation sites excluding steroid dienone is 3. The molecule has 0 saturated heterocycles. The van der Waals surface area contributed by atoms with Crippen LogP contribution in [0.4, 0.5) is 0 Å². The number of aliphatic carboxylic acids is 1. The molecule has 0 atom stereocenters. The highest BCUT2D eigenvalue weighted by Crippen LogP contribution is 1.78. The van der Waals surface area contributed by atoms with Gasteiger partial charge in [0.1, 0.15) is 0 Å². The van der Waals surface area contributed by atoms with Gasteiger partial charge in [0, 0.05) is 6.08 Å². The van der Waals surface area contributed by atoms with E-state index >= 15 is 0 Å². The van der Waals surface area contributed by atoms with E-state index in [-0.39, 0.29) is 5.78 Å². The number of hydrogen-bond acceptors (Lipinski definition) is 2. The van der Waals surface area contributed by atoms with Crippen molar-refractivity contribution in [3.05, 3.63) is 24.3 Å². The van der Waals surface area contributed by atoms with Gasteiger partial charge in [-0.05, 0) is 13.0 Å². The Morgan fingerprint density at radius 3 is 2.10 bits per heavy atom. The van der Waals surface area contributed by atoms with E-state index in [2.05, 4.69) is 0 Å². The summed E-state index contributed by atoms with van der Waals surface area (Å²) >= 11 is 0. The van der Waals surface area contributed by atoms with Gasteiger partial charge in [-0.2, -0.15) is 0 Å². The van der Waals surface area contributed by atoms with E-state index in [1.54, 1.807) is 0 Å². The second-order valence-electron chi connectivity index (χ2n) is 1.67. The van der Waals surface area contributed by atoms with Gasteiger partial charge >= 0.3 is 5.97 Å². The summed E-state index contributed by atoms with van der Waals surface area (Å²) in [5.41, 5.74) is 0. The largest absolute Gasteiger partial charge is 0.478 e. The van der Waals surface area contributed by atoms with Crippen LogP contribution in [0.25, 0.3) is 0 Å². The van der Waals surface area contributed by atoms with Gasteiger partial charge in [0.25, 0.3) is 0 Å². The molecule has 0 aliphatic heterocycles. The predicted molar refractivity (Wildman–Crippen MR) is 36.6 cm³/mol. The lowest BCUT2D eigenvalue weighted by atomic mass is 10.3. The summed E-state index contributed by atoms with van der Waals surface area (Å²) in [7, 11) is 0. The summed E-state index contributed by atoms with van der Waals surface area (Å²) in [5, 5.41) is 8.07. The highest BCUT2D eigenvalue weighted by molar-refractivity contribution is 5.87. The molecule has 0 aromatic rings. The van der Waals surface area contributed by atoms with E-state index in [1.807, 2.05) is 0 Å². The summed E-state index contributed by atoms with van der Waals surface area (Å²) < 4.78 is 0. The molecule has 54 valence electrons. The molecule has 0 spiro atoms. The minimum atomic E-state index is -1.02. The lowest BCUT2D eigenvalue weighted by molar-refractivity contribution is -0.131. The SMILES string of the molecule is CC(=O)/C=C\C=C/C(=O)O. The fourth-order valence-corrected chi connectivity index (χ4v) is 0.329. The van der Waals surface area contributed by atoms with Crippen LogP contribution in [0.3, 0.4) is 0 Å². The summed E-state index contributed by atoms with van der Waals surface area (Å²) in [6, 6.07) is 0. The molecule has 0 bridgehead atoms. The number of ketones is 1. The number of carbonyl (C=O) groups excluding carboxylic acids is 1. The Morgan fingerprint density at radius 1 is 1.20 bits per heavy atom. The van der Waals surface area contributed by atoms with Crippen LogP contribution in [-0.4, -0.2) is 16.9 Å². The third kappa shape index (κ3) is 6.62. The first-order valence-electron chi connectivity index (χ1n) is 2.71. The molecule has 0 unspecified atom stereocenters. The lowest BCUT2D eigenvalue weighted by Crippen LogP contribution is -1.84. The molecule has 0 aromatic carbocycles. The fraction of sp³-hybridized carbons (Fsp3) is 0.143. The monoisotopic (exact) mass is 140 g/mol. The molecule has 3 nitrogen and oxygen atoms in total. The van der Waals surface area contributed by atoms with Crippen molar-refractivity contribution in [1.82, 2.24) is 0 Å². The molecule has 0 heterocycles. The maximum Gasteiger partial charge on any atom is 0.328 e. The van der Waals surface area contributed by atoms with Crippen LogP contribution in [0.5, 0.6) is 0 Å². The zero-order valence-electron chi connectivity index (χ0n) is 5.57. The zero-order valence-corrected chi connectivity index (χ0v) is 5.57. The molecule has 0 aliphatic rings. The molecule has 0 radical (unpaired) electrons. The quantitative estimate of drug-likeness (QED) is 0.465. The Balaban J connectivity index is 3.73. The van der Waals surface area contributed by atoms with Crippen molar-refractivity contribution >= 4 is 11.8 Å². The van der Waals surface area contributed by atoms with Gasteiger partial charge in [-0.3, -0.25) is 4.79 Å². The Labute approximate surface area is 58.7 Å². The number of carboxylic acid groups (broad SMARTS) is 1. The average Bonchev–Trinajstić information content (AvgIpc) is 1.79. The maximum atomic E-state index is 10.2. The van der Waals surface area contributed by atoms with E-state index in [0.29, 0.717) is 0 Å². The van der Waals surface area contributed by atoms with Gasteiger partial charge in [0.15, 0.2) is 5.78 Å². The van der Waals surface area contributed by atoms with Crippen LogP contribution in [0.15, 0.2) is 24.3 Å². The number of rotatable bonds is 3. The summed E-state index contributed by atoms with van der Waals surface area (Å²) in [4.78, 5) is 20.1. The van der Waals surface area contributed by atoms with Gasteiger partial charge in [0.05, 0.1) is 0 Å². The highest BCUT2D eigenvalue weighted by atomic mass is 16.4. The van der Waals surface area contributed by atoms with Crippen LogP contribution in [0.1, 0.15) is 6.92 Å². The molecule has 0 aliphatic carbocycles. The highest BCUT2D eigenvalue weighted by Gasteiger charge is 1.81. The Morgan fingerprint density at radius 2 is 1.70 bits per heavy atom. The van der Waals surface area contributed by atoms with E-state index in [4.69, 9.17) is 5.11 Å². The number of carbonyl (C=O) groups is 2. The van der Waals surface area contributed by atoms with Gasteiger partial charge in [-0.25, -0.2) is 4.79 Å². The predicted octanol–water partition coefficient (Wildman–Crippen LogP) is 0.772. The molecule has 0 rings (SSSR count). The molecule has 10 heavy (non-hydrogen) atoms. The minimum Gasteiger partial charge on any atom is -0.478 e. The molecule has 0 saturated carbocycles. The van der Waals surface area contributed by atoms with Crippen molar-refractivity contribution in [2.45, 2.75) is 6.92 Å². The zero-order chi connectivity index (χ0) is 7.98. The first-order chi connectivity index (χ1) is 4.63. The lowest BCUT2D eigenvalue weighted by Gasteiger charge is -1.75. The standard InChI is InChI=1S/C7H8O3/c1-6(8)4-2-3-5-7(9)10/h2-5H,1H3,(H,9,10)/b4-2-,5-3-. The minimum absolute atomic E-state index is 0.102. The fourth-order valence-electron chi connectivity index (χ4n) is 0.329. The third-order valence-electron chi connectivity index (χ3n) is 0.681. The molecule has 1 N–H and O–H groups in total. The number of carboxylic acids is 1. The van der Waals surface area contributed by atoms with Gasteiger partial charge < -0.3 is 5.11 Å². The van der Waals surface area contributed by atoms with Gasteiger partial charge in [-0.1, -0.05) is 12.2 Å². The average molecular weight is 140 g/mol. The van der Waals surface area contributed by atoms with Crippen molar-refractivity contribution in [3.8, 4) is 0 Å². The third-order valence-corrected chi connectivity index (χ3v) is 0.681. The number of hydrogen-bond donors (Lipinski definition) is 1. The molecule has 3 heteroatoms. The van der Waals surface area contributed by atoms with Crippen LogP contribution < -0.4 is 0 Å². The van der Waals surface area contributed by atoms with Gasteiger partial charge in [0.2, 0.25) is 0 Å². The van der Waals surface area contributed by atoms with E-state index in [9.17, 15) is 9.59 Å². The van der Waals surface area contributed by atoms with Crippen molar-refractivity contribution in [2.24, 2.45) is 0 Å². The van der Waals surface area contributed by atoms with Crippen LogP contribution in [0.2, 0.25) is 0 Å². The Bertz CT molecular complexity index is 167. The van der Waals surface area contributed by atoms with E-state index in [0.717, 1.165) is 6.08 Å². The molecular weight excluding hydrogens is 132 g/mol. The van der Waals surface area contributed by atoms with Crippen molar-refractivity contribution in [3.63, 3.8) is 0 Å². The first-order valence-corrected chi connectivity index (χ1v) is 2.71. The summed E-state index contributed by atoms with van der Waals surface area (Å²) in [6.45, 7) is 1.39. The molecule has 0 aromatic heterocycles.